The molecule has 0 atom stereocenters. The first-order valence-electron chi connectivity index (χ1n) is 6.42. The second kappa shape index (κ2) is 5.06. The van der Waals surface area contributed by atoms with Gasteiger partial charge in [0.15, 0.2) is 5.65 Å². The maximum Gasteiger partial charge on any atom is 0.175 e. The first-order valence-corrected chi connectivity index (χ1v) is 7.18. The van der Waals surface area contributed by atoms with E-state index in [0.29, 0.717) is 15.8 Å². The van der Waals surface area contributed by atoms with Gasteiger partial charge >= 0.3 is 0 Å². The molecular formula is C13H15Cl2N3. The van der Waals surface area contributed by atoms with Crippen LogP contribution in [0.25, 0.3) is 5.65 Å². The van der Waals surface area contributed by atoms with E-state index >= 15 is 0 Å². The molecule has 2 heterocycles. The average Bonchev–Trinajstić information content (AvgIpc) is 2.73. The Bertz CT molecular complexity index is 559. The number of hydrogen-bond donors (Lipinski definition) is 0. The van der Waals surface area contributed by atoms with E-state index in [4.69, 9.17) is 23.2 Å². The highest BCUT2D eigenvalue weighted by molar-refractivity contribution is 6.34. The number of fused-ring (bicyclic) bond motifs is 1. The van der Waals surface area contributed by atoms with Crippen molar-refractivity contribution in [2.24, 2.45) is 5.92 Å². The lowest BCUT2D eigenvalue weighted by Gasteiger charge is -2.21. The minimum atomic E-state index is 0.558. The summed E-state index contributed by atoms with van der Waals surface area (Å²) >= 11 is 12.2. The molecule has 0 N–H and O–H groups in total. The molecule has 0 amide bonds. The maximum atomic E-state index is 6.20. The molecule has 5 heteroatoms. The normalized spacial score (nSPS) is 17.4. The van der Waals surface area contributed by atoms with E-state index in [1.807, 2.05) is 6.07 Å². The van der Waals surface area contributed by atoms with E-state index in [-0.39, 0.29) is 0 Å². The van der Waals surface area contributed by atoms with Gasteiger partial charge in [0.25, 0.3) is 0 Å². The lowest BCUT2D eigenvalue weighted by molar-refractivity contribution is 0.354. The summed E-state index contributed by atoms with van der Waals surface area (Å²) in [5.74, 6) is 0.742. The van der Waals surface area contributed by atoms with E-state index in [2.05, 4.69) is 10.1 Å². The van der Waals surface area contributed by atoms with E-state index < -0.39 is 0 Å². The molecule has 1 saturated carbocycles. The standard InChI is InChI=1S/C13H15Cl2N3/c14-11-8-16-18-12(15)7-10(17-13(11)18)6-9-4-2-1-3-5-9/h7-9H,1-6H2. The topological polar surface area (TPSA) is 30.2 Å². The van der Waals surface area contributed by atoms with Crippen LogP contribution in [-0.4, -0.2) is 14.6 Å². The molecular weight excluding hydrogens is 269 g/mol. The summed E-state index contributed by atoms with van der Waals surface area (Å²) in [6.45, 7) is 0. The average molecular weight is 284 g/mol. The minimum Gasteiger partial charge on any atom is -0.232 e. The molecule has 1 fully saturated rings. The molecule has 0 saturated heterocycles. The molecule has 96 valence electrons. The molecule has 0 aliphatic heterocycles. The fourth-order valence-electron chi connectivity index (χ4n) is 2.74. The Morgan fingerprint density at radius 2 is 2.00 bits per heavy atom. The summed E-state index contributed by atoms with van der Waals surface area (Å²) in [5, 5.41) is 5.23. The highest BCUT2D eigenvalue weighted by Crippen LogP contribution is 2.28. The second-order valence-electron chi connectivity index (χ2n) is 5.01. The van der Waals surface area contributed by atoms with Crippen LogP contribution in [0.15, 0.2) is 12.3 Å². The van der Waals surface area contributed by atoms with Crippen LogP contribution in [0, 0.1) is 5.92 Å². The van der Waals surface area contributed by atoms with Crippen molar-refractivity contribution in [1.29, 1.82) is 0 Å². The summed E-state index contributed by atoms with van der Waals surface area (Å²) in [6.07, 6.45) is 9.24. The zero-order valence-corrected chi connectivity index (χ0v) is 11.6. The van der Waals surface area contributed by atoms with Crippen LogP contribution in [0.3, 0.4) is 0 Å². The zero-order chi connectivity index (χ0) is 12.5. The quantitative estimate of drug-likeness (QED) is 0.775. The fraction of sp³-hybridized carbons (Fsp3) is 0.538. The van der Waals surface area contributed by atoms with Crippen molar-refractivity contribution < 1.29 is 0 Å². The van der Waals surface area contributed by atoms with Crippen molar-refractivity contribution in [3.05, 3.63) is 28.1 Å². The molecule has 1 aliphatic rings. The molecule has 1 aliphatic carbocycles. The van der Waals surface area contributed by atoms with Gasteiger partial charge in [-0.05, 0) is 18.4 Å². The van der Waals surface area contributed by atoms with Gasteiger partial charge in [-0.2, -0.15) is 5.10 Å². The molecule has 0 bridgehead atoms. The number of hydrogen-bond acceptors (Lipinski definition) is 2. The summed E-state index contributed by atoms with van der Waals surface area (Å²) in [6, 6.07) is 1.91. The smallest absolute Gasteiger partial charge is 0.175 e. The van der Waals surface area contributed by atoms with Gasteiger partial charge in [-0.3, -0.25) is 0 Å². The molecule has 0 aromatic carbocycles. The largest absolute Gasteiger partial charge is 0.232 e. The van der Waals surface area contributed by atoms with Crippen LogP contribution in [-0.2, 0) is 6.42 Å². The molecule has 2 aromatic heterocycles. The highest BCUT2D eigenvalue weighted by Gasteiger charge is 2.16. The predicted molar refractivity (Wildman–Crippen MR) is 73.3 cm³/mol. The third-order valence-corrected chi connectivity index (χ3v) is 4.20. The van der Waals surface area contributed by atoms with Gasteiger partial charge in [0.05, 0.1) is 6.20 Å². The van der Waals surface area contributed by atoms with E-state index in [9.17, 15) is 0 Å². The van der Waals surface area contributed by atoms with Gasteiger partial charge in [0, 0.05) is 5.69 Å². The Morgan fingerprint density at radius 1 is 1.22 bits per heavy atom. The minimum absolute atomic E-state index is 0.558. The summed E-state index contributed by atoms with van der Waals surface area (Å²) in [4.78, 5) is 4.57. The molecule has 0 unspecified atom stereocenters. The van der Waals surface area contributed by atoms with Crippen LogP contribution in [0.1, 0.15) is 37.8 Å². The lowest BCUT2D eigenvalue weighted by Crippen LogP contribution is -2.11. The third kappa shape index (κ3) is 2.34. The Labute approximate surface area is 116 Å². The van der Waals surface area contributed by atoms with E-state index in [0.717, 1.165) is 18.0 Å². The highest BCUT2D eigenvalue weighted by atomic mass is 35.5. The number of rotatable bonds is 2. The Kier molecular flexibility index (Phi) is 3.44. The number of nitrogens with zero attached hydrogens (tertiary/aromatic N) is 3. The SMILES string of the molecule is Clc1cnn2c(Cl)cc(CC3CCCCC3)nc12. The fourth-order valence-corrected chi connectivity index (χ4v) is 3.15. The van der Waals surface area contributed by atoms with Crippen LogP contribution >= 0.6 is 23.2 Å². The summed E-state index contributed by atoms with van der Waals surface area (Å²) < 4.78 is 1.58. The Morgan fingerprint density at radius 3 is 2.78 bits per heavy atom. The van der Waals surface area contributed by atoms with Gasteiger partial charge < -0.3 is 0 Å². The Hall–Kier alpha value is -0.800. The lowest BCUT2D eigenvalue weighted by atomic mass is 9.86. The Balaban J connectivity index is 1.89. The van der Waals surface area contributed by atoms with Crippen molar-refractivity contribution in [2.45, 2.75) is 38.5 Å². The van der Waals surface area contributed by atoms with Gasteiger partial charge in [0.1, 0.15) is 10.2 Å². The molecule has 18 heavy (non-hydrogen) atoms. The van der Waals surface area contributed by atoms with Gasteiger partial charge in [-0.15, -0.1) is 0 Å². The second-order valence-corrected chi connectivity index (χ2v) is 5.80. The van der Waals surface area contributed by atoms with Crippen LogP contribution in [0.4, 0.5) is 0 Å². The van der Waals surface area contributed by atoms with E-state index in [1.54, 1.807) is 10.7 Å². The first-order chi connectivity index (χ1) is 8.74. The molecule has 0 radical (unpaired) electrons. The van der Waals surface area contributed by atoms with Crippen LogP contribution in [0.5, 0.6) is 0 Å². The van der Waals surface area contributed by atoms with E-state index in [1.165, 1.54) is 32.1 Å². The van der Waals surface area contributed by atoms with Gasteiger partial charge in [-0.1, -0.05) is 55.3 Å². The van der Waals surface area contributed by atoms with Gasteiger partial charge in [0.2, 0.25) is 0 Å². The van der Waals surface area contributed by atoms with Crippen LogP contribution < -0.4 is 0 Å². The zero-order valence-electron chi connectivity index (χ0n) is 10.1. The molecule has 3 nitrogen and oxygen atoms in total. The molecule has 2 aromatic rings. The van der Waals surface area contributed by atoms with Gasteiger partial charge in [-0.25, -0.2) is 9.50 Å². The predicted octanol–water partition coefficient (Wildman–Crippen LogP) is 4.16. The van der Waals surface area contributed by atoms with Crippen LogP contribution in [0.2, 0.25) is 10.2 Å². The maximum absolute atomic E-state index is 6.20. The number of aromatic nitrogens is 3. The van der Waals surface area contributed by atoms with Crippen molar-refractivity contribution in [3.63, 3.8) is 0 Å². The van der Waals surface area contributed by atoms with Crippen molar-refractivity contribution in [3.8, 4) is 0 Å². The first kappa shape index (κ1) is 12.2. The van der Waals surface area contributed by atoms with Crippen molar-refractivity contribution in [1.82, 2.24) is 14.6 Å². The summed E-state index contributed by atoms with van der Waals surface area (Å²) in [7, 11) is 0. The molecule has 3 rings (SSSR count). The number of halogens is 2. The summed E-state index contributed by atoms with van der Waals surface area (Å²) in [5.41, 5.74) is 1.69. The third-order valence-electron chi connectivity index (χ3n) is 3.66. The van der Waals surface area contributed by atoms with Crippen molar-refractivity contribution in [2.75, 3.05) is 0 Å². The van der Waals surface area contributed by atoms with Crippen molar-refractivity contribution >= 4 is 28.8 Å². The monoisotopic (exact) mass is 283 g/mol. The molecule has 0 spiro atoms.